The predicted molar refractivity (Wildman–Crippen MR) is 55.1 cm³/mol. The fraction of sp³-hybridized carbons (Fsp3) is 0.636. The van der Waals surface area contributed by atoms with E-state index in [1.807, 2.05) is 13.8 Å². The summed E-state index contributed by atoms with van der Waals surface area (Å²) in [5.74, 6) is -0.671. The summed E-state index contributed by atoms with van der Waals surface area (Å²) in [7, 11) is 0. The Morgan fingerprint density at radius 1 is 1.56 bits per heavy atom. The summed E-state index contributed by atoms with van der Waals surface area (Å²) in [6.45, 7) is 3.80. The highest BCUT2D eigenvalue weighted by molar-refractivity contribution is 5.80. The number of rotatable bonds is 2. The molecule has 16 heavy (non-hydrogen) atoms. The van der Waals surface area contributed by atoms with Crippen LogP contribution in [0.3, 0.4) is 0 Å². The molecule has 0 aliphatic heterocycles. The van der Waals surface area contributed by atoms with Gasteiger partial charge in [-0.15, -0.1) is 0 Å². The molecule has 1 aromatic heterocycles. The highest BCUT2D eigenvalue weighted by Gasteiger charge is 2.46. The van der Waals surface area contributed by atoms with E-state index in [0.29, 0.717) is 29.9 Å². The molecule has 0 saturated carbocycles. The number of aryl methyl sites for hydroxylation is 1. The number of aliphatic carboxylic acids is 1. The lowest BCUT2D eigenvalue weighted by atomic mass is 9.80. The predicted octanol–water partition coefficient (Wildman–Crippen LogP) is 1.41. The Balaban J connectivity index is 2.59. The summed E-state index contributed by atoms with van der Waals surface area (Å²) in [6, 6.07) is 0. The van der Waals surface area contributed by atoms with E-state index >= 15 is 0 Å². The third-order valence-electron chi connectivity index (χ3n) is 3.05. The maximum absolute atomic E-state index is 11.2. The van der Waals surface area contributed by atoms with Crippen LogP contribution in [-0.4, -0.2) is 21.3 Å². The lowest BCUT2D eigenvalue weighted by Crippen LogP contribution is -2.39. The van der Waals surface area contributed by atoms with Gasteiger partial charge in [-0.1, -0.05) is 19.0 Å². The molecule has 1 unspecified atom stereocenters. The number of carboxylic acid groups (broad SMARTS) is 1. The smallest absolute Gasteiger partial charge is 0.340 e. The van der Waals surface area contributed by atoms with Crippen molar-refractivity contribution in [2.75, 3.05) is 0 Å². The first-order valence-corrected chi connectivity index (χ1v) is 5.41. The van der Waals surface area contributed by atoms with Gasteiger partial charge >= 0.3 is 5.97 Å². The van der Waals surface area contributed by atoms with E-state index in [-0.39, 0.29) is 12.3 Å². The first kappa shape index (κ1) is 11.1. The molecule has 0 fully saturated rings. The van der Waals surface area contributed by atoms with Crippen LogP contribution >= 0.6 is 0 Å². The van der Waals surface area contributed by atoms with Crippen LogP contribution in [0, 0.1) is 0 Å². The standard InChI is InChI=1S/C11H15NO4/c1-6(2)9-8-7(16-12-9)4-3-5-11(8,15)10(13)14/h6,15H,3-5H2,1-2H3,(H,13,14). The Morgan fingerprint density at radius 3 is 2.81 bits per heavy atom. The highest BCUT2D eigenvalue weighted by atomic mass is 16.5. The minimum Gasteiger partial charge on any atom is -0.479 e. The van der Waals surface area contributed by atoms with E-state index in [2.05, 4.69) is 5.16 Å². The van der Waals surface area contributed by atoms with E-state index in [1.165, 1.54) is 0 Å². The summed E-state index contributed by atoms with van der Waals surface area (Å²) in [4.78, 5) is 11.2. The average Bonchev–Trinajstić information content (AvgIpc) is 2.62. The second-order valence-electron chi connectivity index (χ2n) is 4.54. The Hall–Kier alpha value is -1.36. The van der Waals surface area contributed by atoms with Crippen molar-refractivity contribution in [3.63, 3.8) is 0 Å². The molecular formula is C11H15NO4. The lowest BCUT2D eigenvalue weighted by molar-refractivity contribution is -0.161. The molecule has 1 atom stereocenters. The van der Waals surface area contributed by atoms with Gasteiger partial charge in [0.2, 0.25) is 0 Å². The van der Waals surface area contributed by atoms with Crippen LogP contribution in [0.25, 0.3) is 0 Å². The van der Waals surface area contributed by atoms with Crippen LogP contribution in [0.15, 0.2) is 4.52 Å². The quantitative estimate of drug-likeness (QED) is 0.795. The summed E-state index contributed by atoms with van der Waals surface area (Å²) in [5, 5.41) is 23.2. The van der Waals surface area contributed by atoms with Crippen molar-refractivity contribution in [3.8, 4) is 0 Å². The number of nitrogens with zero attached hydrogens (tertiary/aromatic N) is 1. The molecule has 5 nitrogen and oxygen atoms in total. The Morgan fingerprint density at radius 2 is 2.25 bits per heavy atom. The maximum Gasteiger partial charge on any atom is 0.340 e. The molecule has 88 valence electrons. The highest BCUT2D eigenvalue weighted by Crippen LogP contribution is 2.39. The van der Waals surface area contributed by atoms with Crippen molar-refractivity contribution in [1.29, 1.82) is 0 Å². The largest absolute Gasteiger partial charge is 0.479 e. The zero-order valence-electron chi connectivity index (χ0n) is 9.36. The number of hydrogen-bond acceptors (Lipinski definition) is 4. The lowest BCUT2D eigenvalue weighted by Gasteiger charge is -2.28. The first-order valence-electron chi connectivity index (χ1n) is 5.41. The zero-order chi connectivity index (χ0) is 11.9. The van der Waals surface area contributed by atoms with Gasteiger partial charge in [0.05, 0.1) is 11.3 Å². The summed E-state index contributed by atoms with van der Waals surface area (Å²) in [5.41, 5.74) is -0.895. The number of aliphatic hydroxyl groups is 1. The molecule has 1 aromatic rings. The van der Waals surface area contributed by atoms with Crippen molar-refractivity contribution in [2.24, 2.45) is 0 Å². The van der Waals surface area contributed by atoms with Crippen LogP contribution in [0.5, 0.6) is 0 Å². The van der Waals surface area contributed by atoms with E-state index in [9.17, 15) is 9.90 Å². The Kier molecular flexibility index (Phi) is 2.50. The number of carboxylic acids is 1. The van der Waals surface area contributed by atoms with E-state index in [4.69, 9.17) is 9.63 Å². The summed E-state index contributed by atoms with van der Waals surface area (Å²) in [6.07, 6.45) is 1.46. The van der Waals surface area contributed by atoms with Gasteiger partial charge in [-0.3, -0.25) is 0 Å². The van der Waals surface area contributed by atoms with Crippen molar-refractivity contribution in [3.05, 3.63) is 17.0 Å². The van der Waals surface area contributed by atoms with Gasteiger partial charge in [0.15, 0.2) is 5.60 Å². The molecule has 1 aliphatic carbocycles. The van der Waals surface area contributed by atoms with Crippen molar-refractivity contribution in [1.82, 2.24) is 5.16 Å². The second-order valence-corrected chi connectivity index (χ2v) is 4.54. The first-order chi connectivity index (χ1) is 7.47. The molecule has 1 heterocycles. The van der Waals surface area contributed by atoms with Crippen molar-refractivity contribution in [2.45, 2.75) is 44.6 Å². The molecule has 0 aromatic carbocycles. The van der Waals surface area contributed by atoms with Gasteiger partial charge in [-0.2, -0.15) is 0 Å². The van der Waals surface area contributed by atoms with Gasteiger partial charge in [0.1, 0.15) is 5.76 Å². The number of aromatic nitrogens is 1. The van der Waals surface area contributed by atoms with Crippen molar-refractivity contribution < 1.29 is 19.5 Å². The number of hydrogen-bond donors (Lipinski definition) is 2. The monoisotopic (exact) mass is 225 g/mol. The molecule has 2 rings (SSSR count). The fourth-order valence-corrected chi connectivity index (χ4v) is 2.19. The van der Waals surface area contributed by atoms with Gasteiger partial charge in [0.25, 0.3) is 0 Å². The molecule has 5 heteroatoms. The second kappa shape index (κ2) is 3.59. The molecule has 0 bridgehead atoms. The maximum atomic E-state index is 11.2. The van der Waals surface area contributed by atoms with E-state index < -0.39 is 11.6 Å². The van der Waals surface area contributed by atoms with Crippen LogP contribution in [0.2, 0.25) is 0 Å². The topological polar surface area (TPSA) is 83.6 Å². The van der Waals surface area contributed by atoms with Crippen LogP contribution < -0.4 is 0 Å². The third-order valence-corrected chi connectivity index (χ3v) is 3.05. The molecule has 0 amide bonds. The van der Waals surface area contributed by atoms with Crippen molar-refractivity contribution >= 4 is 5.97 Å². The SMILES string of the molecule is CC(C)c1noc2c1C(O)(C(=O)O)CCC2. The number of carbonyl (C=O) groups is 1. The molecule has 2 N–H and O–H groups in total. The minimum absolute atomic E-state index is 0.0384. The third kappa shape index (κ3) is 1.43. The zero-order valence-corrected chi connectivity index (χ0v) is 9.36. The molecule has 0 spiro atoms. The normalized spacial score (nSPS) is 24.5. The Labute approximate surface area is 93.1 Å². The molecule has 0 radical (unpaired) electrons. The van der Waals surface area contributed by atoms with E-state index in [0.717, 1.165) is 0 Å². The fourth-order valence-electron chi connectivity index (χ4n) is 2.19. The Bertz CT molecular complexity index is 424. The van der Waals surface area contributed by atoms with E-state index in [1.54, 1.807) is 0 Å². The van der Waals surface area contributed by atoms with Crippen LogP contribution in [0.4, 0.5) is 0 Å². The minimum atomic E-state index is -1.83. The molecular weight excluding hydrogens is 210 g/mol. The van der Waals surface area contributed by atoms with Gasteiger partial charge in [-0.05, 0) is 18.8 Å². The van der Waals surface area contributed by atoms with Crippen LogP contribution in [-0.2, 0) is 16.8 Å². The average molecular weight is 225 g/mol. The van der Waals surface area contributed by atoms with Crippen LogP contribution in [0.1, 0.15) is 49.6 Å². The molecule has 0 saturated heterocycles. The van der Waals surface area contributed by atoms with Gasteiger partial charge in [0, 0.05) is 6.42 Å². The van der Waals surface area contributed by atoms with Gasteiger partial charge in [-0.25, -0.2) is 4.79 Å². The summed E-state index contributed by atoms with van der Waals surface area (Å²) < 4.78 is 5.12. The number of fused-ring (bicyclic) bond motifs is 1. The molecule has 1 aliphatic rings. The summed E-state index contributed by atoms with van der Waals surface area (Å²) >= 11 is 0. The van der Waals surface area contributed by atoms with Gasteiger partial charge < -0.3 is 14.7 Å².